The minimum atomic E-state index is -0.586. The molecule has 2 aromatic rings. The molecular weight excluding hydrogens is 472 g/mol. The molecule has 1 saturated heterocycles. The molecule has 2 aliphatic rings. The number of benzene rings is 1. The summed E-state index contributed by atoms with van der Waals surface area (Å²) in [4.78, 5) is 38.9. The van der Waals surface area contributed by atoms with Gasteiger partial charge in [0.1, 0.15) is 11.4 Å². The van der Waals surface area contributed by atoms with Gasteiger partial charge in [-0.25, -0.2) is 10.4 Å². The average Bonchev–Trinajstić information content (AvgIpc) is 3.26. The normalized spacial score (nSPS) is 16.6. The first-order valence-electron chi connectivity index (χ1n) is 12.7. The van der Waals surface area contributed by atoms with Crippen molar-refractivity contribution in [3.8, 4) is 0 Å². The highest BCUT2D eigenvalue weighted by atomic mass is 16.6. The van der Waals surface area contributed by atoms with Gasteiger partial charge < -0.3 is 19.3 Å². The molecule has 0 unspecified atom stereocenters. The molecule has 198 valence electrons. The lowest BCUT2D eigenvalue weighted by Crippen LogP contribution is -2.38. The molecule has 0 spiro atoms. The Labute approximate surface area is 218 Å². The molecule has 37 heavy (non-hydrogen) atoms. The van der Waals surface area contributed by atoms with Crippen LogP contribution in [0, 0.1) is 12.8 Å². The number of ether oxygens (including phenoxy) is 2. The van der Waals surface area contributed by atoms with Crippen LogP contribution in [-0.4, -0.2) is 64.9 Å². The van der Waals surface area contributed by atoms with E-state index in [0.717, 1.165) is 28.2 Å². The Morgan fingerprint density at radius 2 is 1.97 bits per heavy atom. The van der Waals surface area contributed by atoms with Crippen molar-refractivity contribution in [3.05, 3.63) is 46.6 Å². The van der Waals surface area contributed by atoms with Crippen molar-refractivity contribution >= 4 is 29.9 Å². The first kappa shape index (κ1) is 26.5. The number of aryl methyl sites for hydroxylation is 1. The molecule has 1 amide bonds. The SMILES string of the molecule is Cc1cccc(/C=N/Nc2nc3c(c(N4CCOCC4)n2)CN(C(=O)[C@@H](C)CC(=O)OC(C)(C)C)C3)c1. The molecule has 1 aromatic carbocycles. The summed E-state index contributed by atoms with van der Waals surface area (Å²) in [6.45, 7) is 12.6. The van der Waals surface area contributed by atoms with E-state index in [1.165, 1.54) is 0 Å². The van der Waals surface area contributed by atoms with Crippen LogP contribution in [0.3, 0.4) is 0 Å². The number of rotatable bonds is 7. The summed E-state index contributed by atoms with van der Waals surface area (Å²) in [6, 6.07) is 8.03. The monoisotopic (exact) mass is 508 g/mol. The summed E-state index contributed by atoms with van der Waals surface area (Å²) >= 11 is 0. The molecule has 10 nitrogen and oxygen atoms in total. The summed E-state index contributed by atoms with van der Waals surface area (Å²) < 4.78 is 10.9. The molecule has 0 aliphatic carbocycles. The number of aromatic nitrogens is 2. The van der Waals surface area contributed by atoms with E-state index in [2.05, 4.69) is 20.4 Å². The summed E-state index contributed by atoms with van der Waals surface area (Å²) in [6.07, 6.45) is 1.76. The number of hydrogen-bond donors (Lipinski definition) is 1. The molecule has 0 saturated carbocycles. The number of morpholine rings is 1. The quantitative estimate of drug-likeness (QED) is 0.345. The molecule has 1 N–H and O–H groups in total. The van der Waals surface area contributed by atoms with Crippen LogP contribution in [0.5, 0.6) is 0 Å². The largest absolute Gasteiger partial charge is 0.460 e. The molecule has 0 radical (unpaired) electrons. The Kier molecular flexibility index (Phi) is 8.06. The zero-order valence-corrected chi connectivity index (χ0v) is 22.3. The second kappa shape index (κ2) is 11.2. The summed E-state index contributed by atoms with van der Waals surface area (Å²) in [5, 5.41) is 4.33. The van der Waals surface area contributed by atoms with Crippen molar-refractivity contribution in [2.45, 2.75) is 59.7 Å². The number of amides is 1. The van der Waals surface area contributed by atoms with Gasteiger partial charge in [-0.1, -0.05) is 36.8 Å². The van der Waals surface area contributed by atoms with E-state index in [4.69, 9.17) is 14.5 Å². The van der Waals surface area contributed by atoms with Gasteiger partial charge in [-0.15, -0.1) is 0 Å². The number of esters is 1. The first-order valence-corrected chi connectivity index (χ1v) is 12.7. The Morgan fingerprint density at radius 1 is 1.22 bits per heavy atom. The minimum absolute atomic E-state index is 0.0332. The zero-order valence-electron chi connectivity index (χ0n) is 22.3. The lowest BCUT2D eigenvalue weighted by atomic mass is 10.1. The fraction of sp³-hybridized carbons (Fsp3) is 0.519. The zero-order chi connectivity index (χ0) is 26.6. The topological polar surface area (TPSA) is 109 Å². The Balaban J connectivity index is 1.51. The van der Waals surface area contributed by atoms with Crippen LogP contribution in [0.4, 0.5) is 11.8 Å². The van der Waals surface area contributed by atoms with Crippen molar-refractivity contribution in [2.75, 3.05) is 36.6 Å². The van der Waals surface area contributed by atoms with Crippen molar-refractivity contribution < 1.29 is 19.1 Å². The van der Waals surface area contributed by atoms with Gasteiger partial charge in [0.05, 0.1) is 44.6 Å². The summed E-state index contributed by atoms with van der Waals surface area (Å²) in [7, 11) is 0. The summed E-state index contributed by atoms with van der Waals surface area (Å²) in [5.74, 6) is 0.179. The predicted molar refractivity (Wildman–Crippen MR) is 141 cm³/mol. The molecule has 4 rings (SSSR count). The van der Waals surface area contributed by atoms with Gasteiger partial charge in [0, 0.05) is 24.6 Å². The van der Waals surface area contributed by atoms with Gasteiger partial charge in [0.15, 0.2) is 0 Å². The van der Waals surface area contributed by atoms with Crippen LogP contribution in [0.1, 0.15) is 56.5 Å². The van der Waals surface area contributed by atoms with Crippen LogP contribution in [0.2, 0.25) is 0 Å². The third-order valence-corrected chi connectivity index (χ3v) is 6.12. The van der Waals surface area contributed by atoms with E-state index in [9.17, 15) is 9.59 Å². The maximum atomic E-state index is 13.2. The Hall–Kier alpha value is -3.53. The van der Waals surface area contributed by atoms with Crippen LogP contribution < -0.4 is 10.3 Å². The fourth-order valence-corrected chi connectivity index (χ4v) is 4.43. The van der Waals surface area contributed by atoms with Gasteiger partial charge in [0.2, 0.25) is 11.9 Å². The van der Waals surface area contributed by atoms with Gasteiger partial charge in [-0.2, -0.15) is 10.1 Å². The van der Waals surface area contributed by atoms with E-state index < -0.39 is 11.5 Å². The molecule has 3 heterocycles. The molecule has 1 atom stereocenters. The molecule has 1 aromatic heterocycles. The van der Waals surface area contributed by atoms with E-state index in [-0.39, 0.29) is 18.3 Å². The molecule has 1 fully saturated rings. The van der Waals surface area contributed by atoms with Gasteiger partial charge in [-0.3, -0.25) is 9.59 Å². The van der Waals surface area contributed by atoms with E-state index in [0.29, 0.717) is 45.3 Å². The van der Waals surface area contributed by atoms with Crippen molar-refractivity contribution in [3.63, 3.8) is 0 Å². The Bertz CT molecular complexity index is 1170. The third kappa shape index (κ3) is 7.03. The number of anilines is 2. The first-order chi connectivity index (χ1) is 17.6. The van der Waals surface area contributed by atoms with Crippen molar-refractivity contribution in [1.82, 2.24) is 14.9 Å². The van der Waals surface area contributed by atoms with Crippen LogP contribution in [-0.2, 0) is 32.2 Å². The number of carbonyl (C=O) groups is 2. The predicted octanol–water partition coefficient (Wildman–Crippen LogP) is 3.28. The highest BCUT2D eigenvalue weighted by Crippen LogP contribution is 2.32. The smallest absolute Gasteiger partial charge is 0.307 e. The standard InChI is InChI=1S/C27H36N6O4/c1-18-7-6-8-20(13-18)15-28-31-26-29-22-17-33(25(35)19(2)14-23(34)37-27(3,4)5)16-21(22)24(30-26)32-9-11-36-12-10-32/h6-8,13,15,19H,9-12,14,16-17H2,1-5H3,(H,29,30,31)/b28-15+/t19-/m0/s1. The summed E-state index contributed by atoms with van der Waals surface area (Å²) in [5.41, 5.74) is 6.20. The van der Waals surface area contributed by atoms with Crippen LogP contribution in [0.15, 0.2) is 29.4 Å². The van der Waals surface area contributed by atoms with Crippen LogP contribution in [0.25, 0.3) is 0 Å². The molecule has 10 heteroatoms. The van der Waals surface area contributed by atoms with E-state index >= 15 is 0 Å². The molecule has 2 aliphatic heterocycles. The van der Waals surface area contributed by atoms with Gasteiger partial charge >= 0.3 is 5.97 Å². The maximum absolute atomic E-state index is 13.2. The van der Waals surface area contributed by atoms with Gasteiger partial charge in [0.25, 0.3) is 0 Å². The second-order valence-electron chi connectivity index (χ2n) is 10.6. The molecular formula is C27H36N6O4. The highest BCUT2D eigenvalue weighted by Gasteiger charge is 2.33. The molecule has 0 bridgehead atoms. The number of hydrogen-bond acceptors (Lipinski definition) is 9. The van der Waals surface area contributed by atoms with Crippen LogP contribution >= 0.6 is 0 Å². The number of fused-ring (bicyclic) bond motifs is 1. The maximum Gasteiger partial charge on any atom is 0.307 e. The van der Waals surface area contributed by atoms with Crippen molar-refractivity contribution in [1.29, 1.82) is 0 Å². The third-order valence-electron chi connectivity index (χ3n) is 6.12. The van der Waals surface area contributed by atoms with Gasteiger partial charge in [-0.05, 0) is 33.3 Å². The lowest BCUT2D eigenvalue weighted by molar-refractivity contribution is -0.158. The fourth-order valence-electron chi connectivity index (χ4n) is 4.43. The number of nitrogens with one attached hydrogen (secondary N) is 1. The lowest BCUT2D eigenvalue weighted by Gasteiger charge is -2.29. The second-order valence-corrected chi connectivity index (χ2v) is 10.6. The Morgan fingerprint density at radius 3 is 2.68 bits per heavy atom. The van der Waals surface area contributed by atoms with Crippen molar-refractivity contribution in [2.24, 2.45) is 11.0 Å². The number of nitrogens with zero attached hydrogens (tertiary/aromatic N) is 5. The average molecular weight is 509 g/mol. The van der Waals surface area contributed by atoms with E-state index in [1.807, 2.05) is 52.0 Å². The minimum Gasteiger partial charge on any atom is -0.460 e. The number of hydrazone groups is 1. The highest BCUT2D eigenvalue weighted by molar-refractivity contribution is 5.84. The number of carbonyl (C=O) groups excluding carboxylic acids is 2. The van der Waals surface area contributed by atoms with E-state index in [1.54, 1.807) is 18.0 Å².